The summed E-state index contributed by atoms with van der Waals surface area (Å²) in [6.07, 6.45) is 4.71. The fourth-order valence-corrected chi connectivity index (χ4v) is 14.7. The molecule has 6 aromatic carbocycles. The molecule has 2 aliphatic heterocycles. The van der Waals surface area contributed by atoms with E-state index >= 15 is 0 Å². The number of rotatable bonds is 3. The van der Waals surface area contributed by atoms with Crippen LogP contribution in [0.5, 0.6) is 0 Å². The smallest absolute Gasteiger partial charge is 0.254 e. The van der Waals surface area contributed by atoms with Gasteiger partial charge in [0.2, 0.25) is 0 Å². The minimum Gasteiger partial charge on any atom is -0.311 e. The number of nitrogens with zero attached hydrogens (tertiary/aromatic N) is 2. The predicted molar refractivity (Wildman–Crippen MR) is 331 cm³/mol. The minimum absolute atomic E-state index is 0.00255. The van der Waals surface area contributed by atoms with Gasteiger partial charge in [0.25, 0.3) is 6.71 Å². The third-order valence-corrected chi connectivity index (χ3v) is 20.1. The zero-order chi connectivity index (χ0) is 54.3. The number of benzene rings is 6. The van der Waals surface area contributed by atoms with Crippen LogP contribution in [-0.2, 0) is 43.3 Å². The summed E-state index contributed by atoms with van der Waals surface area (Å²) in [5.74, 6) is 0. The highest BCUT2D eigenvalue weighted by Crippen LogP contribution is 2.55. The van der Waals surface area contributed by atoms with E-state index in [1.165, 1.54) is 140 Å². The van der Waals surface area contributed by atoms with E-state index in [9.17, 15) is 0 Å². The summed E-state index contributed by atoms with van der Waals surface area (Å²) in [7, 11) is 0. The Hall–Kier alpha value is -5.06. The molecule has 2 nitrogen and oxygen atoms in total. The maximum atomic E-state index is 2.76. The summed E-state index contributed by atoms with van der Waals surface area (Å²) in [5, 5.41) is 2.73. The summed E-state index contributed by atoms with van der Waals surface area (Å²) < 4.78 is 1.35. The maximum Gasteiger partial charge on any atom is 0.254 e. The molecule has 0 atom stereocenters. The minimum atomic E-state index is -0.0631. The van der Waals surface area contributed by atoms with Crippen molar-refractivity contribution in [3.8, 4) is 11.1 Å². The van der Waals surface area contributed by atoms with Gasteiger partial charge in [-0.25, -0.2) is 0 Å². The van der Waals surface area contributed by atoms with Gasteiger partial charge in [-0.3, -0.25) is 0 Å². The average Bonchev–Trinajstić information content (AvgIpc) is 3.68. The quantitative estimate of drug-likeness (QED) is 0.163. The van der Waals surface area contributed by atoms with Gasteiger partial charge in [0.1, 0.15) is 0 Å². The number of anilines is 6. The molecule has 0 fully saturated rings. The second kappa shape index (κ2) is 16.5. The van der Waals surface area contributed by atoms with Crippen molar-refractivity contribution in [2.45, 2.75) is 214 Å². The van der Waals surface area contributed by atoms with Crippen LogP contribution < -0.4 is 26.2 Å². The Kier molecular flexibility index (Phi) is 11.4. The molecule has 75 heavy (non-hydrogen) atoms. The summed E-state index contributed by atoms with van der Waals surface area (Å²) >= 11 is 1.99. The van der Waals surface area contributed by atoms with Gasteiger partial charge in [-0.2, -0.15) is 0 Å². The van der Waals surface area contributed by atoms with E-state index in [1.807, 2.05) is 11.3 Å². The van der Waals surface area contributed by atoms with Crippen molar-refractivity contribution < 1.29 is 0 Å². The lowest BCUT2D eigenvalue weighted by molar-refractivity contribution is 0.332. The molecule has 0 N–H and O–H groups in total. The number of fused-ring (bicyclic) bond motifs is 8. The number of hydrogen-bond donors (Lipinski definition) is 0. The van der Waals surface area contributed by atoms with E-state index in [2.05, 4.69) is 252 Å². The molecule has 0 unspecified atom stereocenters. The molecule has 390 valence electrons. The summed E-state index contributed by atoms with van der Waals surface area (Å²) in [6.45, 7) is 50.8. The van der Waals surface area contributed by atoms with Crippen molar-refractivity contribution >= 4 is 78.0 Å². The molecule has 0 bridgehead atoms. The molecule has 2 aliphatic carbocycles. The first kappa shape index (κ1) is 52.0. The van der Waals surface area contributed by atoms with Crippen molar-refractivity contribution in [1.82, 2.24) is 0 Å². The number of thiophene rings is 1. The molecular formula is C71H87BN2S. The molecule has 7 aromatic rings. The van der Waals surface area contributed by atoms with Crippen LogP contribution in [0, 0.1) is 6.92 Å². The van der Waals surface area contributed by atoms with Crippen LogP contribution in [0.25, 0.3) is 21.2 Å². The molecule has 0 radical (unpaired) electrons. The van der Waals surface area contributed by atoms with Crippen LogP contribution in [-0.4, -0.2) is 6.71 Å². The fourth-order valence-electron chi connectivity index (χ4n) is 13.5. The maximum absolute atomic E-state index is 2.76. The first-order valence-electron chi connectivity index (χ1n) is 28.5. The highest BCUT2D eigenvalue weighted by atomic mass is 32.1. The van der Waals surface area contributed by atoms with E-state index in [1.54, 1.807) is 0 Å². The van der Waals surface area contributed by atoms with Crippen LogP contribution in [0.3, 0.4) is 0 Å². The highest BCUT2D eigenvalue weighted by Gasteiger charge is 2.49. The Morgan fingerprint density at radius 1 is 0.427 bits per heavy atom. The van der Waals surface area contributed by atoms with Gasteiger partial charge in [-0.05, 0) is 207 Å². The third kappa shape index (κ3) is 8.39. The second-order valence-corrected chi connectivity index (χ2v) is 31.6. The largest absolute Gasteiger partial charge is 0.311 e. The van der Waals surface area contributed by atoms with Crippen LogP contribution in [0.1, 0.15) is 214 Å². The van der Waals surface area contributed by atoms with Crippen LogP contribution in [0.2, 0.25) is 0 Å². The molecule has 0 saturated carbocycles. The van der Waals surface area contributed by atoms with Crippen LogP contribution in [0.4, 0.5) is 33.4 Å². The van der Waals surface area contributed by atoms with Crippen molar-refractivity contribution in [3.05, 3.63) is 147 Å². The average molecular weight is 1010 g/mol. The van der Waals surface area contributed by atoms with Crippen molar-refractivity contribution in [3.63, 3.8) is 0 Å². The zero-order valence-corrected chi connectivity index (χ0v) is 50.8. The summed E-state index contributed by atoms with van der Waals surface area (Å²) in [6, 6.07) is 40.5. The van der Waals surface area contributed by atoms with Gasteiger partial charge in [-0.15, -0.1) is 11.3 Å². The van der Waals surface area contributed by atoms with Crippen molar-refractivity contribution in [2.24, 2.45) is 0 Å². The van der Waals surface area contributed by atoms with E-state index in [4.69, 9.17) is 0 Å². The molecule has 4 heteroatoms. The van der Waals surface area contributed by atoms with E-state index < -0.39 is 0 Å². The number of aryl methyl sites for hydroxylation is 1. The van der Waals surface area contributed by atoms with Gasteiger partial charge in [0, 0.05) is 33.1 Å². The zero-order valence-electron chi connectivity index (χ0n) is 49.9. The van der Waals surface area contributed by atoms with Gasteiger partial charge >= 0.3 is 0 Å². The lowest BCUT2D eigenvalue weighted by Gasteiger charge is -2.47. The second-order valence-electron chi connectivity index (χ2n) is 30.6. The molecular weight excluding hydrogens is 924 g/mol. The monoisotopic (exact) mass is 1010 g/mol. The Labute approximate surface area is 457 Å². The molecule has 11 rings (SSSR count). The van der Waals surface area contributed by atoms with E-state index in [0.29, 0.717) is 0 Å². The lowest BCUT2D eigenvalue weighted by atomic mass is 9.33. The van der Waals surface area contributed by atoms with Crippen LogP contribution >= 0.6 is 11.3 Å². The van der Waals surface area contributed by atoms with Gasteiger partial charge in [-0.1, -0.05) is 187 Å². The Balaban J connectivity index is 1.34. The third-order valence-electron chi connectivity index (χ3n) is 18.9. The fraction of sp³-hybridized carbons (Fsp3) is 0.465. The SMILES string of the molecule is Cc1cc2c(cc1-c1cc3c4c(c1)N(c1ccc(C(C)(C)C)cc1)c1sc5ccc(C(C)(C)C)cc5c1B4c1cc4c(cc1N3c1cc(C(C)(C)C)cc(C(C)(C)C)c1)C(C)(C)CCC4(C)C)C(C)(C)CCC2(C)C. The lowest BCUT2D eigenvalue weighted by Crippen LogP contribution is -2.61. The first-order valence-corrected chi connectivity index (χ1v) is 29.4. The van der Waals surface area contributed by atoms with E-state index in [-0.39, 0.29) is 50.0 Å². The summed E-state index contributed by atoms with van der Waals surface area (Å²) in [4.78, 5) is 5.46. The van der Waals surface area contributed by atoms with Crippen LogP contribution in [0.15, 0.2) is 97.1 Å². The van der Waals surface area contributed by atoms with Crippen molar-refractivity contribution in [2.75, 3.05) is 9.80 Å². The molecule has 1 aromatic heterocycles. The first-order chi connectivity index (χ1) is 34.6. The van der Waals surface area contributed by atoms with Gasteiger partial charge in [0.05, 0.1) is 5.00 Å². The topological polar surface area (TPSA) is 6.48 Å². The predicted octanol–water partition coefficient (Wildman–Crippen LogP) is 18.8. The van der Waals surface area contributed by atoms with Gasteiger partial charge in [0.15, 0.2) is 0 Å². The highest BCUT2D eigenvalue weighted by molar-refractivity contribution is 7.26. The summed E-state index contributed by atoms with van der Waals surface area (Å²) in [5.41, 5.74) is 26.3. The molecule has 0 spiro atoms. The Morgan fingerprint density at radius 2 is 0.893 bits per heavy atom. The normalized spacial score (nSPS) is 18.3. The standard InChI is InChI=1S/C71H87BN2S/c1-42-32-52-53(69(16,17)29-28-68(52,14)15)39-50(42)43-33-58-62-59(34-43)74(48-25-22-44(23-26-48)64(2,3)4)63-61(51-38-45(65(5,6)7)24-27-60(51)75-63)72(62)56-40-54-55(71(20,21)31-30-70(54,18)19)41-57(56)73(58)49-36-46(66(8,9)10)35-47(37-49)67(11,12)13/h22-27,32-41H,28-31H2,1-21H3. The Bertz CT molecular complexity index is 3460. The number of hydrogen-bond acceptors (Lipinski definition) is 3. The molecule has 4 aliphatic rings. The van der Waals surface area contributed by atoms with Crippen molar-refractivity contribution in [1.29, 1.82) is 0 Å². The van der Waals surface area contributed by atoms with E-state index in [0.717, 1.165) is 6.42 Å². The molecule has 0 saturated heterocycles. The molecule has 0 amide bonds. The van der Waals surface area contributed by atoms with Gasteiger partial charge < -0.3 is 9.80 Å². The Morgan fingerprint density at radius 3 is 1.41 bits per heavy atom. The molecule has 3 heterocycles.